The minimum Gasteiger partial charge on any atom is -0.461 e. The molecule has 0 unspecified atom stereocenters. The highest BCUT2D eigenvalue weighted by molar-refractivity contribution is 6.43. The van der Waals surface area contributed by atoms with Gasteiger partial charge in [-0.3, -0.25) is 0 Å². The summed E-state index contributed by atoms with van der Waals surface area (Å²) in [4.78, 5) is 11.3. The first-order valence-electron chi connectivity index (χ1n) is 4.24. The first-order valence-corrected chi connectivity index (χ1v) is 4.24. The van der Waals surface area contributed by atoms with E-state index in [2.05, 4.69) is 5.16 Å². The van der Waals surface area contributed by atoms with Gasteiger partial charge in [-0.05, 0) is 6.92 Å². The fourth-order valence-electron chi connectivity index (χ4n) is 1.01. The summed E-state index contributed by atoms with van der Waals surface area (Å²) in [6.45, 7) is 1.95. The van der Waals surface area contributed by atoms with E-state index in [4.69, 9.17) is 9.94 Å². The number of hydrogen-bond acceptors (Lipinski definition) is 4. The lowest BCUT2D eigenvalue weighted by molar-refractivity contribution is -0.135. The van der Waals surface area contributed by atoms with Crippen LogP contribution in [-0.2, 0) is 9.53 Å². The number of hydrogen-bond donors (Lipinski definition) is 1. The van der Waals surface area contributed by atoms with E-state index in [0.29, 0.717) is 5.56 Å². The first kappa shape index (κ1) is 10.2. The third-order valence-electron chi connectivity index (χ3n) is 1.62. The predicted molar refractivity (Wildman–Crippen MR) is 51.4 cm³/mol. The Bertz CT molecular complexity index is 332. The van der Waals surface area contributed by atoms with Crippen molar-refractivity contribution in [1.29, 1.82) is 0 Å². The fraction of sp³-hybridized carbons (Fsp3) is 0.200. The average molecular weight is 193 g/mol. The Labute approximate surface area is 81.8 Å². The molecular formula is C10H11NO3. The molecule has 1 N–H and O–H groups in total. The van der Waals surface area contributed by atoms with Gasteiger partial charge >= 0.3 is 5.97 Å². The fourth-order valence-corrected chi connectivity index (χ4v) is 1.01. The van der Waals surface area contributed by atoms with Gasteiger partial charge in [-0.25, -0.2) is 4.79 Å². The molecule has 0 aliphatic rings. The zero-order valence-corrected chi connectivity index (χ0v) is 7.80. The van der Waals surface area contributed by atoms with E-state index in [1.807, 2.05) is 6.07 Å². The van der Waals surface area contributed by atoms with Crippen LogP contribution < -0.4 is 0 Å². The van der Waals surface area contributed by atoms with Gasteiger partial charge in [-0.15, -0.1) is 0 Å². The third kappa shape index (κ3) is 2.32. The molecule has 74 valence electrons. The number of esters is 1. The van der Waals surface area contributed by atoms with Crippen LogP contribution in [0.3, 0.4) is 0 Å². The summed E-state index contributed by atoms with van der Waals surface area (Å²) in [6.07, 6.45) is 0. The first-order chi connectivity index (χ1) is 6.79. The molecule has 4 nitrogen and oxygen atoms in total. The molecule has 0 radical (unpaired) electrons. The number of benzene rings is 1. The van der Waals surface area contributed by atoms with E-state index in [1.54, 1.807) is 31.2 Å². The minimum absolute atomic E-state index is 0.0764. The lowest BCUT2D eigenvalue weighted by Gasteiger charge is -2.03. The van der Waals surface area contributed by atoms with Gasteiger partial charge in [0.25, 0.3) is 0 Å². The molecule has 0 heterocycles. The van der Waals surface area contributed by atoms with Crippen molar-refractivity contribution in [3.63, 3.8) is 0 Å². The number of ether oxygens (including phenoxy) is 1. The van der Waals surface area contributed by atoms with Crippen molar-refractivity contribution < 1.29 is 14.7 Å². The lowest BCUT2D eigenvalue weighted by Crippen LogP contribution is -2.18. The average Bonchev–Trinajstić information content (AvgIpc) is 2.21. The monoisotopic (exact) mass is 193 g/mol. The molecular weight excluding hydrogens is 182 g/mol. The number of carbonyl (C=O) groups is 1. The molecule has 0 bridgehead atoms. The molecule has 0 spiro atoms. The quantitative estimate of drug-likeness (QED) is 0.342. The van der Waals surface area contributed by atoms with Crippen molar-refractivity contribution in [2.24, 2.45) is 5.16 Å². The molecule has 1 rings (SSSR count). The summed E-state index contributed by atoms with van der Waals surface area (Å²) >= 11 is 0. The van der Waals surface area contributed by atoms with Gasteiger partial charge in [-0.2, -0.15) is 0 Å². The second kappa shape index (κ2) is 5.01. The number of rotatable bonds is 3. The summed E-state index contributed by atoms with van der Waals surface area (Å²) in [7, 11) is 0. The number of nitrogens with zero attached hydrogens (tertiary/aromatic N) is 1. The van der Waals surface area contributed by atoms with Crippen LogP contribution >= 0.6 is 0 Å². The van der Waals surface area contributed by atoms with E-state index < -0.39 is 5.97 Å². The molecule has 0 aliphatic carbocycles. The Kier molecular flexibility index (Phi) is 3.67. The van der Waals surface area contributed by atoms with Crippen LogP contribution in [0.1, 0.15) is 12.5 Å². The van der Waals surface area contributed by atoms with Crippen LogP contribution in [-0.4, -0.2) is 23.5 Å². The third-order valence-corrected chi connectivity index (χ3v) is 1.62. The second-order valence-electron chi connectivity index (χ2n) is 2.54. The Morgan fingerprint density at radius 3 is 2.57 bits per heavy atom. The van der Waals surface area contributed by atoms with Crippen molar-refractivity contribution in [3.8, 4) is 0 Å². The van der Waals surface area contributed by atoms with Crippen molar-refractivity contribution in [1.82, 2.24) is 0 Å². The smallest absolute Gasteiger partial charge is 0.361 e. The van der Waals surface area contributed by atoms with E-state index in [-0.39, 0.29) is 12.3 Å². The Morgan fingerprint density at radius 2 is 2.07 bits per heavy atom. The van der Waals surface area contributed by atoms with Gasteiger partial charge in [-0.1, -0.05) is 35.5 Å². The van der Waals surface area contributed by atoms with E-state index in [9.17, 15) is 4.79 Å². The minimum atomic E-state index is -0.624. The molecule has 0 atom stereocenters. The van der Waals surface area contributed by atoms with Crippen LogP contribution in [0, 0.1) is 0 Å². The predicted octanol–water partition coefficient (Wildman–Crippen LogP) is 1.43. The Hall–Kier alpha value is -1.84. The highest BCUT2D eigenvalue weighted by Gasteiger charge is 2.14. The summed E-state index contributed by atoms with van der Waals surface area (Å²) in [5, 5.41) is 11.6. The molecule has 1 aromatic rings. The summed E-state index contributed by atoms with van der Waals surface area (Å²) < 4.78 is 4.72. The topological polar surface area (TPSA) is 58.9 Å². The maximum Gasteiger partial charge on any atom is 0.361 e. The van der Waals surface area contributed by atoms with Gasteiger partial charge in [0.1, 0.15) is 0 Å². The summed E-state index contributed by atoms with van der Waals surface area (Å²) in [5.74, 6) is -0.624. The lowest BCUT2D eigenvalue weighted by atomic mass is 10.1. The van der Waals surface area contributed by atoms with E-state index in [1.165, 1.54) is 0 Å². The molecule has 0 aliphatic heterocycles. The van der Waals surface area contributed by atoms with Gasteiger partial charge < -0.3 is 9.94 Å². The van der Waals surface area contributed by atoms with Crippen molar-refractivity contribution in [2.45, 2.75) is 6.92 Å². The molecule has 14 heavy (non-hydrogen) atoms. The molecule has 0 amide bonds. The second-order valence-corrected chi connectivity index (χ2v) is 2.54. The molecule has 0 aromatic heterocycles. The van der Waals surface area contributed by atoms with Crippen molar-refractivity contribution in [2.75, 3.05) is 6.61 Å². The van der Waals surface area contributed by atoms with Crippen molar-refractivity contribution in [3.05, 3.63) is 35.9 Å². The van der Waals surface area contributed by atoms with Crippen LogP contribution in [0.5, 0.6) is 0 Å². The Morgan fingerprint density at radius 1 is 1.43 bits per heavy atom. The zero-order valence-electron chi connectivity index (χ0n) is 7.80. The maximum absolute atomic E-state index is 11.3. The molecule has 0 saturated carbocycles. The zero-order chi connectivity index (χ0) is 10.4. The van der Waals surface area contributed by atoms with Gasteiger partial charge in [0.05, 0.1) is 6.61 Å². The standard InChI is InChI=1S/C10H11NO3/c1-2-14-10(12)9(11-13)8-6-4-3-5-7-8/h3-7,13H,2H2,1H3/b11-9+. The molecule has 4 heteroatoms. The highest BCUT2D eigenvalue weighted by Crippen LogP contribution is 2.02. The Balaban J connectivity index is 2.89. The van der Waals surface area contributed by atoms with E-state index >= 15 is 0 Å². The van der Waals surface area contributed by atoms with Crippen LogP contribution in [0.25, 0.3) is 0 Å². The molecule has 0 saturated heterocycles. The SMILES string of the molecule is CCOC(=O)/C(=N/O)c1ccccc1. The van der Waals surface area contributed by atoms with Crippen molar-refractivity contribution >= 4 is 11.7 Å². The van der Waals surface area contributed by atoms with E-state index in [0.717, 1.165) is 0 Å². The molecule has 1 aromatic carbocycles. The number of oxime groups is 1. The normalized spacial score (nSPS) is 11.1. The maximum atomic E-state index is 11.3. The van der Waals surface area contributed by atoms with Gasteiger partial charge in [0.2, 0.25) is 0 Å². The largest absolute Gasteiger partial charge is 0.461 e. The summed E-state index contributed by atoms with van der Waals surface area (Å²) in [6, 6.07) is 8.65. The molecule has 0 fully saturated rings. The van der Waals surface area contributed by atoms with Crippen LogP contribution in [0.15, 0.2) is 35.5 Å². The highest BCUT2D eigenvalue weighted by atomic mass is 16.5. The van der Waals surface area contributed by atoms with Gasteiger partial charge in [0, 0.05) is 5.56 Å². The summed E-state index contributed by atoms with van der Waals surface area (Å²) in [5.41, 5.74) is 0.459. The van der Waals surface area contributed by atoms with Gasteiger partial charge in [0.15, 0.2) is 5.71 Å². The number of carbonyl (C=O) groups excluding carboxylic acids is 1. The van der Waals surface area contributed by atoms with Crippen LogP contribution in [0.2, 0.25) is 0 Å². The van der Waals surface area contributed by atoms with Crippen LogP contribution in [0.4, 0.5) is 0 Å².